The molecule has 0 bridgehead atoms. The molecule has 1 aromatic rings. The van der Waals surface area contributed by atoms with Crippen LogP contribution in [0.15, 0.2) is 11.1 Å². The van der Waals surface area contributed by atoms with E-state index in [-0.39, 0.29) is 25.6 Å². The van der Waals surface area contributed by atoms with Crippen molar-refractivity contribution in [1.82, 2.24) is 14.7 Å². The summed E-state index contributed by atoms with van der Waals surface area (Å²) in [4.78, 5) is 13.0. The lowest BCUT2D eigenvalue weighted by Crippen LogP contribution is -2.48. The summed E-state index contributed by atoms with van der Waals surface area (Å²) >= 11 is 0. The number of carbonyl (C=O) groups excluding carboxylic acids is 1. The minimum Gasteiger partial charge on any atom is -0.444 e. The second kappa shape index (κ2) is 9.46. The third-order valence-corrected chi connectivity index (χ3v) is 8.64. The molecule has 2 heterocycles. The molecular weight excluding hydrogens is 459 g/mol. The van der Waals surface area contributed by atoms with Crippen LogP contribution in [0.4, 0.5) is 18.0 Å². The number of sulfone groups is 1. The van der Waals surface area contributed by atoms with E-state index in [0.717, 1.165) is 10.9 Å². The van der Waals surface area contributed by atoms with Gasteiger partial charge in [0.25, 0.3) is 0 Å². The Kier molecular flexibility index (Phi) is 7.87. The number of aryl methyl sites for hydroxylation is 1. The van der Waals surface area contributed by atoms with Gasteiger partial charge in [0.2, 0.25) is 0 Å². The minimum atomic E-state index is -4.89. The van der Waals surface area contributed by atoms with Gasteiger partial charge >= 0.3 is 12.3 Å². The second-order valence-electron chi connectivity index (χ2n) is 10.6. The molecule has 1 aliphatic rings. The first-order valence-electron chi connectivity index (χ1n) is 11.2. The molecule has 1 saturated heterocycles. The molecule has 0 saturated carbocycles. The maximum atomic E-state index is 13.7. The number of likely N-dealkylation sites (tertiary alicyclic amines) is 1. The number of nitrogens with zero attached hydrogens (tertiary/aromatic N) is 3. The van der Waals surface area contributed by atoms with Crippen LogP contribution in [0, 0.1) is 11.8 Å². The molecule has 0 aliphatic carbocycles. The maximum Gasteiger partial charge on any atom is 0.436 e. The van der Waals surface area contributed by atoms with E-state index in [2.05, 4.69) is 5.10 Å². The molecule has 0 unspecified atom stereocenters. The van der Waals surface area contributed by atoms with E-state index in [4.69, 9.17) is 4.74 Å². The number of hydrogen-bond donors (Lipinski definition) is 0. The molecule has 1 fully saturated rings. The maximum absolute atomic E-state index is 13.7. The summed E-state index contributed by atoms with van der Waals surface area (Å²) in [7, 11) is -4.37. The van der Waals surface area contributed by atoms with Crippen LogP contribution in [-0.4, -0.2) is 52.6 Å². The third-order valence-electron chi connectivity index (χ3n) is 6.04. The molecule has 7 nitrogen and oxygen atoms in total. The van der Waals surface area contributed by atoms with Gasteiger partial charge in [0.1, 0.15) is 10.5 Å². The van der Waals surface area contributed by atoms with Crippen molar-refractivity contribution in [3.8, 4) is 0 Å². The lowest BCUT2D eigenvalue weighted by molar-refractivity contribution is -0.143. The van der Waals surface area contributed by atoms with Gasteiger partial charge in [-0.25, -0.2) is 13.2 Å². The molecule has 1 amide bonds. The molecule has 0 N–H and O–H groups in total. The van der Waals surface area contributed by atoms with Gasteiger partial charge in [0.05, 0.1) is 4.75 Å². The van der Waals surface area contributed by atoms with Gasteiger partial charge in [-0.15, -0.1) is 0 Å². The first-order valence-corrected chi connectivity index (χ1v) is 12.7. The lowest BCUT2D eigenvalue weighted by Gasteiger charge is -2.40. The Balaban J connectivity index is 2.28. The number of aromatic nitrogens is 2. The Morgan fingerprint density at radius 2 is 1.70 bits per heavy atom. The quantitative estimate of drug-likeness (QED) is 0.545. The van der Waals surface area contributed by atoms with Crippen molar-refractivity contribution in [2.24, 2.45) is 11.8 Å². The van der Waals surface area contributed by atoms with Gasteiger partial charge in [-0.1, -0.05) is 13.8 Å². The lowest BCUT2D eigenvalue weighted by atomic mass is 9.86. The molecule has 1 aliphatic heterocycles. The van der Waals surface area contributed by atoms with Crippen LogP contribution in [0.1, 0.15) is 73.4 Å². The first-order chi connectivity index (χ1) is 14.9. The second-order valence-corrected chi connectivity index (χ2v) is 13.1. The van der Waals surface area contributed by atoms with Crippen molar-refractivity contribution in [2.75, 3.05) is 13.1 Å². The molecule has 0 spiro atoms. The van der Waals surface area contributed by atoms with Crippen LogP contribution in [-0.2, 0) is 27.3 Å². The topological polar surface area (TPSA) is 81.5 Å². The molecule has 2 rings (SSSR count). The normalized spacial score (nSPS) is 17.0. The standard InChI is InChI=1S/C22H36F3N3O4S/c1-15(2)8-13-28-14-17(18(26-28)22(23,24)25)33(30,31)21(6,7)16-9-11-27(12-10-16)19(29)32-20(3,4)5/h14-16H,8-13H2,1-7H3. The number of amides is 1. The first kappa shape index (κ1) is 27.5. The highest BCUT2D eigenvalue weighted by Gasteiger charge is 2.49. The minimum absolute atomic E-state index is 0.199. The Hall–Kier alpha value is -1.78. The van der Waals surface area contributed by atoms with Crippen molar-refractivity contribution < 1.29 is 31.1 Å². The average molecular weight is 496 g/mol. The Labute approximate surface area is 194 Å². The van der Waals surface area contributed by atoms with E-state index in [0.29, 0.717) is 19.3 Å². The summed E-state index contributed by atoms with van der Waals surface area (Å²) in [5.41, 5.74) is -2.02. The monoisotopic (exact) mass is 495 g/mol. The van der Waals surface area contributed by atoms with E-state index >= 15 is 0 Å². The molecule has 11 heteroatoms. The summed E-state index contributed by atoms with van der Waals surface area (Å²) in [6.07, 6.45) is -3.10. The number of hydrogen-bond acceptors (Lipinski definition) is 5. The fraction of sp³-hybridized carbons (Fsp3) is 0.818. The van der Waals surface area contributed by atoms with Crippen LogP contribution >= 0.6 is 0 Å². The highest BCUT2D eigenvalue weighted by Crippen LogP contribution is 2.42. The Bertz CT molecular complexity index is 939. The highest BCUT2D eigenvalue weighted by molar-refractivity contribution is 7.92. The fourth-order valence-electron chi connectivity index (χ4n) is 3.89. The van der Waals surface area contributed by atoms with Crippen molar-refractivity contribution in [1.29, 1.82) is 0 Å². The Morgan fingerprint density at radius 1 is 1.15 bits per heavy atom. The molecule has 1 aromatic heterocycles. The number of carbonyl (C=O) groups is 1. The predicted octanol–water partition coefficient (Wildman–Crippen LogP) is 5.15. The van der Waals surface area contributed by atoms with Gasteiger partial charge in [-0.05, 0) is 65.7 Å². The number of piperidine rings is 1. The van der Waals surface area contributed by atoms with Crippen molar-refractivity contribution in [3.63, 3.8) is 0 Å². The van der Waals surface area contributed by atoms with Crippen LogP contribution in [0.25, 0.3) is 0 Å². The molecule has 0 aromatic carbocycles. The molecule has 33 heavy (non-hydrogen) atoms. The van der Waals surface area contributed by atoms with Crippen molar-refractivity contribution in [3.05, 3.63) is 11.9 Å². The van der Waals surface area contributed by atoms with Gasteiger partial charge < -0.3 is 9.64 Å². The zero-order chi connectivity index (χ0) is 25.4. The zero-order valence-electron chi connectivity index (χ0n) is 20.5. The Morgan fingerprint density at radius 3 is 2.15 bits per heavy atom. The van der Waals surface area contributed by atoms with Crippen LogP contribution in [0.5, 0.6) is 0 Å². The van der Waals surface area contributed by atoms with Crippen molar-refractivity contribution in [2.45, 2.75) is 95.7 Å². The summed E-state index contributed by atoms with van der Waals surface area (Å²) in [5, 5.41) is 3.59. The van der Waals surface area contributed by atoms with Crippen LogP contribution < -0.4 is 0 Å². The van der Waals surface area contributed by atoms with Crippen LogP contribution in [0.3, 0.4) is 0 Å². The number of alkyl halides is 3. The largest absolute Gasteiger partial charge is 0.444 e. The summed E-state index contributed by atoms with van der Waals surface area (Å²) < 4.78 is 73.1. The third kappa shape index (κ3) is 6.42. The van der Waals surface area contributed by atoms with E-state index in [1.165, 1.54) is 18.7 Å². The summed E-state index contributed by atoms with van der Waals surface area (Å²) in [5.74, 6) is -0.198. The molecule has 0 atom stereocenters. The van der Waals surface area contributed by atoms with Gasteiger partial charge in [-0.3, -0.25) is 4.68 Å². The van der Waals surface area contributed by atoms with Crippen LogP contribution in [0.2, 0.25) is 0 Å². The van der Waals surface area contributed by atoms with E-state index in [1.54, 1.807) is 20.8 Å². The SMILES string of the molecule is CC(C)CCn1cc(S(=O)(=O)C(C)(C)C2CCN(C(=O)OC(C)(C)C)CC2)c(C(F)(F)F)n1. The molecular formula is C22H36F3N3O4S. The smallest absolute Gasteiger partial charge is 0.436 e. The predicted molar refractivity (Wildman–Crippen MR) is 118 cm³/mol. The van der Waals surface area contributed by atoms with Crippen molar-refractivity contribution >= 4 is 15.9 Å². The van der Waals surface area contributed by atoms with Gasteiger partial charge in [0.15, 0.2) is 15.5 Å². The number of ether oxygens (including phenoxy) is 1. The van der Waals surface area contributed by atoms with Gasteiger partial charge in [0, 0.05) is 25.8 Å². The molecule has 190 valence electrons. The number of halogens is 3. The fourth-order valence-corrected chi connectivity index (χ4v) is 5.80. The average Bonchev–Trinajstić information content (AvgIpc) is 3.10. The van der Waals surface area contributed by atoms with E-state index in [1.807, 2.05) is 13.8 Å². The number of rotatable bonds is 6. The molecule has 0 radical (unpaired) electrons. The highest BCUT2D eigenvalue weighted by atomic mass is 32.2. The summed E-state index contributed by atoms with van der Waals surface area (Å²) in [6.45, 7) is 12.8. The van der Waals surface area contributed by atoms with E-state index < -0.39 is 49.0 Å². The zero-order valence-corrected chi connectivity index (χ0v) is 21.3. The van der Waals surface area contributed by atoms with E-state index in [9.17, 15) is 26.4 Å². The van der Waals surface area contributed by atoms with Gasteiger partial charge in [-0.2, -0.15) is 18.3 Å². The summed E-state index contributed by atoms with van der Waals surface area (Å²) in [6, 6.07) is 0.